The van der Waals surface area contributed by atoms with Gasteiger partial charge in [-0.25, -0.2) is 13.5 Å². The predicted molar refractivity (Wildman–Crippen MR) is 42.6 cm³/mol. The van der Waals surface area contributed by atoms with Crippen LogP contribution in [0.1, 0.15) is 5.56 Å². The average molecular weight is 172 g/mol. The molecule has 0 saturated carbocycles. The van der Waals surface area contributed by atoms with Gasteiger partial charge in [0.15, 0.2) is 0 Å². The predicted octanol–water partition coefficient (Wildman–Crippen LogP) is 0.642. The van der Waals surface area contributed by atoms with Gasteiger partial charge in [-0.05, 0) is 19.1 Å². The fourth-order valence-electron chi connectivity index (χ4n) is 0.717. The van der Waals surface area contributed by atoms with Crippen LogP contribution in [0, 0.1) is 6.92 Å². The molecule has 3 nitrogen and oxygen atoms in total. The molecule has 0 aliphatic rings. The van der Waals surface area contributed by atoms with Gasteiger partial charge in [-0.3, -0.25) is 0 Å². The van der Waals surface area contributed by atoms with Crippen molar-refractivity contribution < 1.29 is 9.83 Å². The molecule has 0 atom stereocenters. The van der Waals surface area contributed by atoms with E-state index in [2.05, 4.69) is 0 Å². The lowest BCUT2D eigenvalue weighted by molar-refractivity contribution is 0.598. The van der Waals surface area contributed by atoms with Crippen molar-refractivity contribution in [2.75, 3.05) is 0 Å². The minimum absolute atomic E-state index is 0.114. The highest BCUT2D eigenvalue weighted by molar-refractivity contribution is 7.89. The van der Waals surface area contributed by atoms with E-state index in [4.69, 9.17) is 1.41 Å². The summed E-state index contributed by atoms with van der Waals surface area (Å²) in [5, 5.41) is 1.50. The number of sulfonamides is 1. The standard InChI is InChI=1S/C7H9NO2S/c1-6-2-4-7(5-3-6)11(8,9)10/h2-5H,1H3,(H2,8,9,10)/i/hD. The average Bonchev–Trinajstić information content (AvgIpc) is 2.05. The van der Waals surface area contributed by atoms with Gasteiger partial charge < -0.3 is 0 Å². The second-order valence-corrected chi connectivity index (χ2v) is 3.79. The lowest BCUT2D eigenvalue weighted by atomic mass is 10.2. The first-order valence-electron chi connectivity index (χ1n) is 3.56. The van der Waals surface area contributed by atoms with Crippen LogP contribution in [-0.2, 0) is 10.0 Å². The zero-order chi connectivity index (χ0) is 9.19. The quantitative estimate of drug-likeness (QED) is 0.711. The molecule has 60 valence electrons. The Morgan fingerprint density at radius 3 is 2.36 bits per heavy atom. The number of hydrogen-bond acceptors (Lipinski definition) is 2. The molecule has 0 radical (unpaired) electrons. The van der Waals surface area contributed by atoms with Gasteiger partial charge in [-0.2, -0.15) is 0 Å². The Morgan fingerprint density at radius 2 is 1.91 bits per heavy atom. The van der Waals surface area contributed by atoms with E-state index < -0.39 is 10.0 Å². The number of nitrogens with two attached hydrogens (primary N) is 1. The summed E-state index contributed by atoms with van der Waals surface area (Å²) in [5.41, 5.74) is 0.985. The molecule has 1 aromatic rings. The fourth-order valence-corrected chi connectivity index (χ4v) is 1.21. The Labute approximate surface area is 67.4 Å². The first-order valence-corrected chi connectivity index (χ1v) is 4.55. The normalized spacial score (nSPS) is 12.6. The largest absolute Gasteiger partial charge is 0.238 e. The molecule has 0 aliphatic carbocycles. The van der Waals surface area contributed by atoms with Crippen molar-refractivity contribution in [2.45, 2.75) is 11.8 Å². The monoisotopic (exact) mass is 172 g/mol. The zero-order valence-corrected chi connectivity index (χ0v) is 6.85. The molecule has 0 saturated heterocycles. The third-order valence-electron chi connectivity index (χ3n) is 1.33. The lowest BCUT2D eigenvalue weighted by Gasteiger charge is -1.96. The van der Waals surface area contributed by atoms with Gasteiger partial charge in [0.1, 0.15) is 1.41 Å². The second kappa shape index (κ2) is 2.64. The molecule has 11 heavy (non-hydrogen) atoms. The van der Waals surface area contributed by atoms with Crippen molar-refractivity contribution in [3.05, 3.63) is 29.8 Å². The summed E-state index contributed by atoms with van der Waals surface area (Å²) in [6.07, 6.45) is 0. The smallest absolute Gasteiger partial charge is 0.225 e. The van der Waals surface area contributed by atoms with Crippen molar-refractivity contribution in [2.24, 2.45) is 5.13 Å². The number of rotatable bonds is 2. The maximum absolute atomic E-state index is 11.0. The molecule has 2 N–H and O–H groups in total. The van der Waals surface area contributed by atoms with E-state index in [1.54, 1.807) is 12.1 Å². The van der Waals surface area contributed by atoms with Crippen molar-refractivity contribution in [3.63, 3.8) is 0 Å². The molecule has 0 amide bonds. The van der Waals surface area contributed by atoms with Crippen LogP contribution in [0.5, 0.6) is 0 Å². The molecule has 0 spiro atoms. The van der Waals surface area contributed by atoms with Crippen LogP contribution >= 0.6 is 0 Å². The summed E-state index contributed by atoms with van der Waals surface area (Å²) in [7, 11) is -3.60. The third-order valence-corrected chi connectivity index (χ3v) is 2.22. The molecule has 0 bridgehead atoms. The van der Waals surface area contributed by atoms with E-state index in [0.717, 1.165) is 5.56 Å². The second-order valence-electron chi connectivity index (χ2n) is 2.32. The summed E-state index contributed by atoms with van der Waals surface area (Å²) >= 11 is 0. The summed E-state index contributed by atoms with van der Waals surface area (Å²) < 4.78 is 28.6. The van der Waals surface area contributed by atoms with E-state index in [-0.39, 0.29) is 4.90 Å². The van der Waals surface area contributed by atoms with E-state index >= 15 is 0 Å². The Bertz CT molecular complexity index is 357. The lowest BCUT2D eigenvalue weighted by Crippen LogP contribution is -2.11. The van der Waals surface area contributed by atoms with Crippen LogP contribution in [0.4, 0.5) is 0 Å². The molecular formula is C7H9NO2S. The van der Waals surface area contributed by atoms with Crippen molar-refractivity contribution >= 4 is 10.0 Å². The number of aryl methyl sites for hydroxylation is 1. The van der Waals surface area contributed by atoms with Crippen LogP contribution < -0.4 is 5.13 Å². The van der Waals surface area contributed by atoms with Crippen LogP contribution in [0.25, 0.3) is 0 Å². The van der Waals surface area contributed by atoms with E-state index in [1.807, 2.05) is 6.92 Å². The maximum atomic E-state index is 11.0. The van der Waals surface area contributed by atoms with Crippen molar-refractivity contribution in [3.8, 4) is 0 Å². The molecule has 0 aliphatic heterocycles. The highest BCUT2D eigenvalue weighted by atomic mass is 32.2. The Morgan fingerprint density at radius 1 is 1.36 bits per heavy atom. The summed E-state index contributed by atoms with van der Waals surface area (Å²) in [6, 6.07) is 6.30. The van der Waals surface area contributed by atoms with Gasteiger partial charge in [0.2, 0.25) is 10.0 Å². The van der Waals surface area contributed by atoms with Gasteiger partial charge in [-0.1, -0.05) is 17.7 Å². The Kier molecular flexibility index (Phi) is 1.63. The first-order chi connectivity index (χ1) is 5.56. The van der Waals surface area contributed by atoms with Gasteiger partial charge in [-0.15, -0.1) is 0 Å². The van der Waals surface area contributed by atoms with E-state index in [0.29, 0.717) is 0 Å². The van der Waals surface area contributed by atoms with Crippen molar-refractivity contribution in [1.82, 2.24) is 0 Å². The van der Waals surface area contributed by atoms with Crippen LogP contribution in [-0.4, -0.2) is 8.42 Å². The molecule has 0 fully saturated rings. The number of benzene rings is 1. The topological polar surface area (TPSA) is 60.2 Å². The number of hydrogen-bond donors (Lipinski definition) is 1. The van der Waals surface area contributed by atoms with Crippen LogP contribution in [0.3, 0.4) is 0 Å². The SMILES string of the molecule is [2H]NS(=O)(=O)c1ccc(C)cc1. The Balaban J connectivity index is 3.14. The fraction of sp³-hybridized carbons (Fsp3) is 0.143. The Hall–Kier alpha value is -0.870. The first kappa shape index (κ1) is 6.82. The molecule has 0 aromatic heterocycles. The highest BCUT2D eigenvalue weighted by Gasteiger charge is 2.04. The van der Waals surface area contributed by atoms with E-state index in [1.165, 1.54) is 17.3 Å². The highest BCUT2D eigenvalue weighted by Crippen LogP contribution is 2.06. The molecule has 4 heteroatoms. The molecule has 0 heterocycles. The number of primary sulfonamides is 1. The van der Waals surface area contributed by atoms with Crippen LogP contribution in [0.15, 0.2) is 29.2 Å². The van der Waals surface area contributed by atoms with Crippen LogP contribution in [0.2, 0.25) is 1.41 Å². The molecule has 0 unspecified atom stereocenters. The van der Waals surface area contributed by atoms with Gasteiger partial charge in [0.25, 0.3) is 0 Å². The molecule has 1 aromatic carbocycles. The summed E-state index contributed by atoms with van der Waals surface area (Å²) in [5.74, 6) is 0. The summed E-state index contributed by atoms with van der Waals surface area (Å²) in [4.78, 5) is 0.114. The van der Waals surface area contributed by atoms with E-state index in [9.17, 15) is 8.42 Å². The minimum Gasteiger partial charge on any atom is -0.225 e. The van der Waals surface area contributed by atoms with Gasteiger partial charge in [0.05, 0.1) is 4.90 Å². The molecule has 1 rings (SSSR count). The minimum atomic E-state index is -3.60. The summed E-state index contributed by atoms with van der Waals surface area (Å²) in [6.45, 7) is 1.87. The zero-order valence-electron chi connectivity index (χ0n) is 7.03. The third kappa shape index (κ3) is 2.03. The maximum Gasteiger partial charge on any atom is 0.238 e. The molecular weight excluding hydrogens is 162 g/mol. The van der Waals surface area contributed by atoms with Gasteiger partial charge >= 0.3 is 0 Å². The van der Waals surface area contributed by atoms with Crippen molar-refractivity contribution in [1.29, 1.82) is 0 Å². The van der Waals surface area contributed by atoms with Gasteiger partial charge in [0, 0.05) is 0 Å².